The van der Waals surface area contributed by atoms with Gasteiger partial charge in [0.2, 0.25) is 0 Å². The van der Waals surface area contributed by atoms with E-state index < -0.39 is 38.4 Å². The van der Waals surface area contributed by atoms with Gasteiger partial charge in [-0.2, -0.15) is 10.2 Å². The third-order valence-electron chi connectivity index (χ3n) is 6.22. The maximum atomic E-state index is 12.2. The normalized spacial score (nSPS) is 26.3. The molecule has 1 aromatic heterocycles. The molecule has 1 aliphatic rings. The van der Waals surface area contributed by atoms with Gasteiger partial charge in [-0.15, -0.1) is 0 Å². The maximum Gasteiger partial charge on any atom is 0.351 e. The van der Waals surface area contributed by atoms with Crippen molar-refractivity contribution in [3.05, 3.63) is 22.7 Å². The van der Waals surface area contributed by atoms with Gasteiger partial charge in [-0.1, -0.05) is 27.7 Å². The van der Waals surface area contributed by atoms with Crippen LogP contribution < -0.4 is 11.4 Å². The fraction of sp³-hybridized carbons (Fsp3) is 0.722. The molecule has 0 aliphatic carbocycles. The average Bonchev–Trinajstić information content (AvgIpc) is 2.91. The number of nitrogens with zero attached hydrogens (tertiary/aromatic N) is 3. The Balaban J connectivity index is 2.39. The molecule has 2 heterocycles. The van der Waals surface area contributed by atoms with Gasteiger partial charge in [-0.3, -0.25) is 4.57 Å². The molecule has 150 valence electrons. The second-order valence-electron chi connectivity index (χ2n) is 8.41. The molecule has 8 nitrogen and oxygen atoms in total. The third-order valence-corrected chi connectivity index (χ3v) is 10.8. The summed E-state index contributed by atoms with van der Waals surface area (Å²) in [6.07, 6.45) is -0.755. The molecule has 0 bridgehead atoms. The van der Waals surface area contributed by atoms with E-state index in [1.54, 1.807) is 0 Å². The Morgan fingerprint density at radius 1 is 1.52 bits per heavy atom. The summed E-state index contributed by atoms with van der Waals surface area (Å²) in [6.45, 7) is 12.6. The lowest BCUT2D eigenvalue weighted by Crippen LogP contribution is -2.51. The van der Waals surface area contributed by atoms with Crippen molar-refractivity contribution in [3.63, 3.8) is 0 Å². The topological polar surface area (TPSA) is 123 Å². The van der Waals surface area contributed by atoms with Gasteiger partial charge in [0.25, 0.3) is 0 Å². The average molecular weight is 395 g/mol. The summed E-state index contributed by atoms with van der Waals surface area (Å²) in [6, 6.07) is 3.69. The molecule has 0 amide bonds. The van der Waals surface area contributed by atoms with Crippen LogP contribution in [-0.2, 0) is 9.16 Å². The van der Waals surface area contributed by atoms with E-state index in [1.165, 1.54) is 16.8 Å². The molecule has 2 rings (SSSR count). The lowest BCUT2D eigenvalue weighted by molar-refractivity contribution is -0.0454. The van der Waals surface area contributed by atoms with Crippen LogP contribution >= 0.6 is 0 Å². The molecular weight excluding hydrogens is 364 g/mol. The van der Waals surface area contributed by atoms with Crippen molar-refractivity contribution in [3.8, 4) is 6.07 Å². The SMILES string of the molecule is CC(C)C(C)(C)[Si](C)(C)O[C@H]1[C@@H](C#N)[C@H](n2ccc(N)nc2=O)O[C@@H]1CO. The Labute approximate surface area is 161 Å². The van der Waals surface area contributed by atoms with Crippen LogP contribution in [0.5, 0.6) is 0 Å². The third kappa shape index (κ3) is 3.94. The quantitative estimate of drug-likeness (QED) is 0.706. The van der Waals surface area contributed by atoms with Gasteiger partial charge in [-0.05, 0) is 30.1 Å². The lowest BCUT2D eigenvalue weighted by atomic mass is 9.99. The molecule has 0 radical (unpaired) electrons. The van der Waals surface area contributed by atoms with Gasteiger partial charge in [0.1, 0.15) is 17.8 Å². The Morgan fingerprint density at radius 3 is 2.63 bits per heavy atom. The van der Waals surface area contributed by atoms with Crippen molar-refractivity contribution in [2.24, 2.45) is 11.8 Å². The van der Waals surface area contributed by atoms with E-state index in [9.17, 15) is 15.2 Å². The van der Waals surface area contributed by atoms with Crippen molar-refractivity contribution >= 4 is 14.1 Å². The molecule has 0 saturated carbocycles. The number of anilines is 1. The molecule has 1 saturated heterocycles. The van der Waals surface area contributed by atoms with Gasteiger partial charge in [0.15, 0.2) is 14.5 Å². The number of hydrogen-bond acceptors (Lipinski definition) is 7. The van der Waals surface area contributed by atoms with E-state index in [4.69, 9.17) is 14.9 Å². The molecule has 1 aromatic rings. The highest BCUT2D eigenvalue weighted by molar-refractivity contribution is 6.74. The van der Waals surface area contributed by atoms with Crippen LogP contribution in [-0.4, -0.2) is 41.8 Å². The molecule has 9 heteroatoms. The van der Waals surface area contributed by atoms with E-state index >= 15 is 0 Å². The fourth-order valence-corrected chi connectivity index (χ4v) is 5.89. The number of rotatable bonds is 6. The summed E-state index contributed by atoms with van der Waals surface area (Å²) in [7, 11) is -2.29. The van der Waals surface area contributed by atoms with E-state index in [1.807, 2.05) is 0 Å². The van der Waals surface area contributed by atoms with Crippen LogP contribution in [0.25, 0.3) is 0 Å². The lowest BCUT2D eigenvalue weighted by Gasteiger charge is -2.44. The number of aliphatic hydroxyl groups excluding tert-OH is 1. The molecular formula is C18H30N4O4Si. The second kappa shape index (κ2) is 7.71. The first kappa shape index (κ1) is 21.6. The zero-order valence-electron chi connectivity index (χ0n) is 16.8. The molecule has 0 unspecified atom stereocenters. The van der Waals surface area contributed by atoms with Crippen LogP contribution in [0.3, 0.4) is 0 Å². The summed E-state index contributed by atoms with van der Waals surface area (Å²) in [4.78, 5) is 15.9. The van der Waals surface area contributed by atoms with Crippen molar-refractivity contribution in [1.82, 2.24) is 9.55 Å². The van der Waals surface area contributed by atoms with Crippen molar-refractivity contribution in [2.75, 3.05) is 12.3 Å². The van der Waals surface area contributed by atoms with Crippen LogP contribution in [0.15, 0.2) is 17.1 Å². The first-order valence-corrected chi connectivity index (χ1v) is 12.1. The maximum absolute atomic E-state index is 12.2. The minimum Gasteiger partial charge on any atom is -0.410 e. The summed E-state index contributed by atoms with van der Waals surface area (Å²) < 4.78 is 13.6. The van der Waals surface area contributed by atoms with Crippen LogP contribution in [0.4, 0.5) is 5.82 Å². The number of ether oxygens (including phenoxy) is 1. The number of aromatic nitrogens is 2. The Morgan fingerprint density at radius 2 is 2.15 bits per heavy atom. The van der Waals surface area contributed by atoms with E-state index in [0.29, 0.717) is 5.92 Å². The summed E-state index contributed by atoms with van der Waals surface area (Å²) >= 11 is 0. The number of hydrogen-bond donors (Lipinski definition) is 2. The second-order valence-corrected chi connectivity index (χ2v) is 13.0. The molecule has 4 atom stereocenters. The molecule has 0 spiro atoms. The van der Waals surface area contributed by atoms with Crippen molar-refractivity contribution in [1.29, 1.82) is 5.26 Å². The minimum atomic E-state index is -2.29. The van der Waals surface area contributed by atoms with Gasteiger partial charge < -0.3 is 20.0 Å². The van der Waals surface area contributed by atoms with Crippen LogP contribution in [0.1, 0.15) is 33.9 Å². The largest absolute Gasteiger partial charge is 0.410 e. The number of aliphatic hydroxyl groups is 1. The van der Waals surface area contributed by atoms with Gasteiger partial charge in [0, 0.05) is 6.20 Å². The number of nitrogen functional groups attached to an aromatic ring is 1. The van der Waals surface area contributed by atoms with E-state index in [2.05, 4.69) is 51.8 Å². The minimum absolute atomic E-state index is 0.0648. The highest BCUT2D eigenvalue weighted by atomic mass is 28.4. The monoisotopic (exact) mass is 394 g/mol. The Bertz CT molecular complexity index is 771. The first-order chi connectivity index (χ1) is 12.5. The van der Waals surface area contributed by atoms with Gasteiger partial charge in [-0.25, -0.2) is 4.79 Å². The first-order valence-electron chi connectivity index (χ1n) is 9.14. The highest BCUT2D eigenvalue weighted by Gasteiger charge is 2.52. The van der Waals surface area contributed by atoms with E-state index in [-0.39, 0.29) is 17.5 Å². The fourth-order valence-electron chi connectivity index (χ4n) is 3.21. The molecule has 1 fully saturated rings. The molecule has 0 aromatic carbocycles. The van der Waals surface area contributed by atoms with Gasteiger partial charge >= 0.3 is 5.69 Å². The predicted molar refractivity (Wildman–Crippen MR) is 104 cm³/mol. The van der Waals surface area contributed by atoms with Crippen molar-refractivity contribution < 1.29 is 14.3 Å². The summed E-state index contributed by atoms with van der Waals surface area (Å²) in [5, 5.41) is 19.5. The van der Waals surface area contributed by atoms with E-state index in [0.717, 1.165) is 0 Å². The predicted octanol–water partition coefficient (Wildman–Crippen LogP) is 1.88. The molecule has 1 aliphatic heterocycles. The smallest absolute Gasteiger partial charge is 0.351 e. The van der Waals surface area contributed by atoms with Crippen LogP contribution in [0.2, 0.25) is 18.1 Å². The zero-order chi connectivity index (χ0) is 20.6. The standard InChI is InChI=1S/C18H30N4O4Si/c1-11(2)18(3,4)27(5,6)26-15-12(9-19)16(25-13(15)10-23)22-8-7-14(20)21-17(22)24/h7-8,11-13,15-16,23H,10H2,1-6H3,(H2,20,21,24)/t12-,13-,15+,16-/m1/s1. The van der Waals surface area contributed by atoms with Crippen LogP contribution in [0, 0.1) is 23.2 Å². The Kier molecular flexibility index (Phi) is 6.16. The number of nitriles is 1. The van der Waals surface area contributed by atoms with Gasteiger partial charge in [0.05, 0.1) is 18.8 Å². The summed E-state index contributed by atoms with van der Waals surface area (Å²) in [5.41, 5.74) is 4.94. The molecule has 27 heavy (non-hydrogen) atoms. The summed E-state index contributed by atoms with van der Waals surface area (Å²) in [5.74, 6) is -0.268. The van der Waals surface area contributed by atoms with Crippen molar-refractivity contribution in [2.45, 2.75) is 64.3 Å². The zero-order valence-corrected chi connectivity index (χ0v) is 17.8. The highest BCUT2D eigenvalue weighted by Crippen LogP contribution is 2.47. The molecule has 3 N–H and O–H groups in total. The number of nitrogens with two attached hydrogens (primary N) is 1. The Hall–Kier alpha value is -1.73.